The van der Waals surface area contributed by atoms with E-state index in [1.165, 1.54) is 0 Å². The molecule has 0 aliphatic carbocycles. The molecule has 3 rings (SSSR count). The number of para-hydroxylation sites is 1. The topological polar surface area (TPSA) is 55.8 Å². The van der Waals surface area contributed by atoms with E-state index in [1.807, 2.05) is 61.5 Å². The highest BCUT2D eigenvalue weighted by atomic mass is 16.3. The molecule has 1 aliphatic rings. The summed E-state index contributed by atoms with van der Waals surface area (Å²) in [4.78, 5) is 17.2. The Labute approximate surface area is 161 Å². The molecule has 5 heteroatoms. The van der Waals surface area contributed by atoms with Crippen LogP contribution in [-0.2, 0) is 11.2 Å². The second-order valence-corrected chi connectivity index (χ2v) is 7.22. The van der Waals surface area contributed by atoms with Crippen LogP contribution in [-0.4, -0.2) is 60.6 Å². The first kappa shape index (κ1) is 19.4. The second kappa shape index (κ2) is 9.02. The van der Waals surface area contributed by atoms with E-state index in [-0.39, 0.29) is 18.1 Å². The molecule has 1 fully saturated rings. The van der Waals surface area contributed by atoms with Crippen LogP contribution in [0.15, 0.2) is 54.6 Å². The van der Waals surface area contributed by atoms with Crippen molar-refractivity contribution in [1.29, 1.82) is 0 Å². The van der Waals surface area contributed by atoms with Crippen molar-refractivity contribution in [2.75, 3.05) is 39.0 Å². The summed E-state index contributed by atoms with van der Waals surface area (Å²) >= 11 is 0. The van der Waals surface area contributed by atoms with Crippen molar-refractivity contribution in [3.63, 3.8) is 0 Å². The van der Waals surface area contributed by atoms with Gasteiger partial charge < -0.3 is 15.3 Å². The summed E-state index contributed by atoms with van der Waals surface area (Å²) in [5.74, 6) is 0.0892. The Morgan fingerprint density at radius 1 is 1.22 bits per heavy atom. The summed E-state index contributed by atoms with van der Waals surface area (Å²) in [6.07, 6.45) is 0.902. The summed E-state index contributed by atoms with van der Waals surface area (Å²) < 4.78 is 0. The second-order valence-electron chi connectivity index (χ2n) is 7.22. The molecule has 2 N–H and O–H groups in total. The summed E-state index contributed by atoms with van der Waals surface area (Å²) in [6, 6.07) is 18.0. The van der Waals surface area contributed by atoms with Gasteiger partial charge in [0.2, 0.25) is 5.91 Å². The predicted octanol–water partition coefficient (Wildman–Crippen LogP) is 2.54. The molecule has 0 saturated carbocycles. The van der Waals surface area contributed by atoms with Crippen LogP contribution in [0, 0.1) is 0 Å². The molecule has 0 unspecified atom stereocenters. The van der Waals surface area contributed by atoms with Crippen molar-refractivity contribution in [1.82, 2.24) is 9.80 Å². The van der Waals surface area contributed by atoms with E-state index in [9.17, 15) is 9.90 Å². The van der Waals surface area contributed by atoms with Crippen LogP contribution in [0.2, 0.25) is 0 Å². The first-order valence-corrected chi connectivity index (χ1v) is 9.55. The molecule has 0 radical (unpaired) electrons. The predicted molar refractivity (Wildman–Crippen MR) is 109 cm³/mol. The van der Waals surface area contributed by atoms with Gasteiger partial charge in [-0.2, -0.15) is 0 Å². The van der Waals surface area contributed by atoms with Crippen molar-refractivity contribution in [2.24, 2.45) is 0 Å². The first-order chi connectivity index (χ1) is 13.1. The smallest absolute Gasteiger partial charge is 0.227 e. The lowest BCUT2D eigenvalue weighted by Gasteiger charge is -2.32. The lowest BCUT2D eigenvalue weighted by atomic mass is 10.0. The molecule has 1 heterocycles. The summed E-state index contributed by atoms with van der Waals surface area (Å²) in [5, 5.41) is 13.0. The SMILES string of the molecule is CNc1ccccc1CC(=O)N(C)[C@H](CN1CC[C@H](O)C1)c1ccccc1. The number of likely N-dealkylation sites (N-methyl/N-ethyl adjacent to an activating group) is 1. The molecule has 27 heavy (non-hydrogen) atoms. The minimum absolute atomic E-state index is 0.0363. The molecule has 2 aromatic rings. The van der Waals surface area contributed by atoms with Crippen LogP contribution in [0.3, 0.4) is 0 Å². The van der Waals surface area contributed by atoms with Crippen LogP contribution in [0.4, 0.5) is 5.69 Å². The van der Waals surface area contributed by atoms with E-state index in [1.54, 1.807) is 0 Å². The van der Waals surface area contributed by atoms with E-state index >= 15 is 0 Å². The van der Waals surface area contributed by atoms with Crippen molar-refractivity contribution in [3.05, 3.63) is 65.7 Å². The van der Waals surface area contributed by atoms with Gasteiger partial charge in [0.1, 0.15) is 0 Å². The number of nitrogens with one attached hydrogen (secondary N) is 1. The number of amides is 1. The van der Waals surface area contributed by atoms with Crippen molar-refractivity contribution >= 4 is 11.6 Å². The molecule has 144 valence electrons. The number of carbonyl (C=O) groups excluding carboxylic acids is 1. The van der Waals surface area contributed by atoms with Gasteiger partial charge in [0.05, 0.1) is 18.6 Å². The molecule has 0 aromatic heterocycles. The van der Waals surface area contributed by atoms with E-state index in [0.29, 0.717) is 13.0 Å². The fraction of sp³-hybridized carbons (Fsp3) is 0.409. The van der Waals surface area contributed by atoms with Gasteiger partial charge in [-0.1, -0.05) is 48.5 Å². The Bertz CT molecular complexity index is 750. The van der Waals surface area contributed by atoms with Gasteiger partial charge in [-0.25, -0.2) is 0 Å². The molecule has 0 spiro atoms. The fourth-order valence-corrected chi connectivity index (χ4v) is 3.73. The Balaban J connectivity index is 1.77. The average molecular weight is 367 g/mol. The average Bonchev–Trinajstić information content (AvgIpc) is 3.11. The monoisotopic (exact) mass is 367 g/mol. The standard InChI is InChI=1S/C22H29N3O2/c1-23-20-11-7-6-10-18(20)14-22(27)24(2)21(17-8-4-3-5-9-17)16-25-13-12-19(26)15-25/h3-11,19,21,23,26H,12-16H2,1-2H3/t19-,21+/m0/s1. The van der Waals surface area contributed by atoms with E-state index < -0.39 is 0 Å². The Kier molecular flexibility index (Phi) is 6.48. The van der Waals surface area contributed by atoms with Crippen LogP contribution in [0.1, 0.15) is 23.6 Å². The van der Waals surface area contributed by atoms with Crippen molar-refractivity contribution in [2.45, 2.75) is 25.0 Å². The zero-order chi connectivity index (χ0) is 19.2. The third kappa shape index (κ3) is 4.87. The van der Waals surface area contributed by atoms with Gasteiger partial charge in [0.25, 0.3) is 0 Å². The number of benzene rings is 2. The number of carbonyl (C=O) groups is 1. The molecular formula is C22H29N3O2. The van der Waals surface area contributed by atoms with Crippen LogP contribution >= 0.6 is 0 Å². The maximum absolute atomic E-state index is 13.1. The molecule has 1 aliphatic heterocycles. The zero-order valence-corrected chi connectivity index (χ0v) is 16.1. The van der Waals surface area contributed by atoms with Gasteiger partial charge in [-0.05, 0) is 23.6 Å². The third-order valence-electron chi connectivity index (χ3n) is 5.35. The number of anilines is 1. The molecule has 2 atom stereocenters. The quantitative estimate of drug-likeness (QED) is 0.790. The minimum atomic E-state index is -0.259. The highest BCUT2D eigenvalue weighted by Crippen LogP contribution is 2.24. The Hall–Kier alpha value is -2.37. The molecule has 0 bridgehead atoms. The lowest BCUT2D eigenvalue weighted by molar-refractivity contribution is -0.131. The van der Waals surface area contributed by atoms with Crippen LogP contribution in [0.25, 0.3) is 0 Å². The van der Waals surface area contributed by atoms with Gasteiger partial charge in [0.15, 0.2) is 0 Å². The number of hydrogen-bond acceptors (Lipinski definition) is 4. The highest BCUT2D eigenvalue weighted by molar-refractivity contribution is 5.81. The normalized spacial score (nSPS) is 18.3. The third-order valence-corrected chi connectivity index (χ3v) is 5.35. The number of hydrogen-bond donors (Lipinski definition) is 2. The van der Waals surface area contributed by atoms with Crippen molar-refractivity contribution in [3.8, 4) is 0 Å². The molecule has 1 saturated heterocycles. The minimum Gasteiger partial charge on any atom is -0.392 e. The molecule has 2 aromatic carbocycles. The van der Waals surface area contributed by atoms with E-state index in [0.717, 1.165) is 36.3 Å². The first-order valence-electron chi connectivity index (χ1n) is 9.55. The zero-order valence-electron chi connectivity index (χ0n) is 16.1. The molecular weight excluding hydrogens is 338 g/mol. The summed E-state index contributed by atoms with van der Waals surface area (Å²) in [5.41, 5.74) is 3.11. The highest BCUT2D eigenvalue weighted by Gasteiger charge is 2.28. The van der Waals surface area contributed by atoms with Crippen molar-refractivity contribution < 1.29 is 9.90 Å². The van der Waals surface area contributed by atoms with Crippen LogP contribution in [0.5, 0.6) is 0 Å². The maximum Gasteiger partial charge on any atom is 0.227 e. The Morgan fingerprint density at radius 3 is 2.59 bits per heavy atom. The maximum atomic E-state index is 13.1. The van der Waals surface area contributed by atoms with E-state index in [2.05, 4.69) is 22.3 Å². The van der Waals surface area contributed by atoms with Gasteiger partial charge in [-0.15, -0.1) is 0 Å². The number of aliphatic hydroxyl groups is 1. The Morgan fingerprint density at radius 2 is 1.93 bits per heavy atom. The summed E-state index contributed by atoms with van der Waals surface area (Å²) in [7, 11) is 3.76. The largest absolute Gasteiger partial charge is 0.392 e. The van der Waals surface area contributed by atoms with Gasteiger partial charge in [0, 0.05) is 39.4 Å². The summed E-state index contributed by atoms with van der Waals surface area (Å²) in [6.45, 7) is 2.28. The molecule has 5 nitrogen and oxygen atoms in total. The van der Waals surface area contributed by atoms with Crippen LogP contribution < -0.4 is 5.32 Å². The number of likely N-dealkylation sites (tertiary alicyclic amines) is 1. The number of β-amino-alcohol motifs (C(OH)–C–C–N with tert-alkyl or cyclic N) is 1. The number of nitrogens with zero attached hydrogens (tertiary/aromatic N) is 2. The van der Waals surface area contributed by atoms with E-state index in [4.69, 9.17) is 0 Å². The fourth-order valence-electron chi connectivity index (χ4n) is 3.73. The van der Waals surface area contributed by atoms with Gasteiger partial charge in [-0.3, -0.25) is 9.69 Å². The number of aliphatic hydroxyl groups excluding tert-OH is 1. The number of rotatable bonds is 7. The molecule has 1 amide bonds. The van der Waals surface area contributed by atoms with Gasteiger partial charge >= 0.3 is 0 Å². The lowest BCUT2D eigenvalue weighted by Crippen LogP contribution is -2.39.